The topological polar surface area (TPSA) is 49.4 Å². The van der Waals surface area contributed by atoms with Crippen LogP contribution >= 0.6 is 11.8 Å². The summed E-state index contributed by atoms with van der Waals surface area (Å²) in [5.74, 6) is 0.769. The molecule has 2 aromatic rings. The van der Waals surface area contributed by atoms with E-state index in [0.717, 1.165) is 17.1 Å². The van der Waals surface area contributed by atoms with Crippen LogP contribution in [-0.4, -0.2) is 13.1 Å². The van der Waals surface area contributed by atoms with Gasteiger partial charge in [0.15, 0.2) is 0 Å². The van der Waals surface area contributed by atoms with Crippen LogP contribution in [0.1, 0.15) is 21.5 Å². The highest BCUT2D eigenvalue weighted by atomic mass is 32.2. The van der Waals surface area contributed by atoms with Crippen molar-refractivity contribution in [3.63, 3.8) is 0 Å². The second kappa shape index (κ2) is 7.01. The number of carbonyl (C=O) groups excluding carboxylic acids is 1. The van der Waals surface area contributed by atoms with Crippen molar-refractivity contribution in [1.82, 2.24) is 0 Å². The normalized spacial score (nSPS) is 10.2. The number of carboxylic acids is 1. The van der Waals surface area contributed by atoms with Gasteiger partial charge in [-0.2, -0.15) is 11.8 Å². The predicted octanol–water partition coefficient (Wildman–Crippen LogP) is 2.49. The highest BCUT2D eigenvalue weighted by Crippen LogP contribution is 2.23. The van der Waals surface area contributed by atoms with Crippen LogP contribution in [0.5, 0.6) is 5.75 Å². The van der Waals surface area contributed by atoms with Crippen LogP contribution in [0, 0.1) is 0 Å². The molecule has 0 fully saturated rings. The largest absolute Gasteiger partial charge is 0.545 e. The fraction of sp³-hybridized carbons (Fsp3) is 0.188. The molecule has 0 N–H and O–H groups in total. The number of hydrogen-bond donors (Lipinski definition) is 0. The summed E-state index contributed by atoms with van der Waals surface area (Å²) in [4.78, 5) is 11.0. The molecule has 0 amide bonds. The number of hydrogen-bond acceptors (Lipinski definition) is 4. The van der Waals surface area contributed by atoms with E-state index in [9.17, 15) is 9.90 Å². The quantitative estimate of drug-likeness (QED) is 0.819. The lowest BCUT2D eigenvalue weighted by atomic mass is 10.1. The van der Waals surface area contributed by atoms with Crippen molar-refractivity contribution in [2.24, 2.45) is 0 Å². The molecular formula is C16H15O3S-. The molecule has 0 saturated heterocycles. The molecule has 20 heavy (non-hydrogen) atoms. The van der Waals surface area contributed by atoms with Crippen molar-refractivity contribution < 1.29 is 14.6 Å². The molecule has 0 aliphatic carbocycles. The molecule has 0 bridgehead atoms. The van der Waals surface area contributed by atoms with Crippen LogP contribution in [0.4, 0.5) is 0 Å². The molecule has 0 aliphatic heterocycles. The van der Waals surface area contributed by atoms with Crippen LogP contribution in [0.3, 0.4) is 0 Å². The molecule has 3 nitrogen and oxygen atoms in total. The van der Waals surface area contributed by atoms with Gasteiger partial charge in [-0.25, -0.2) is 0 Å². The first-order chi connectivity index (χ1) is 9.70. The van der Waals surface area contributed by atoms with Gasteiger partial charge in [-0.1, -0.05) is 36.4 Å². The Hall–Kier alpha value is -1.94. The Morgan fingerprint density at radius 2 is 1.80 bits per heavy atom. The van der Waals surface area contributed by atoms with Gasteiger partial charge in [-0.3, -0.25) is 0 Å². The smallest absolute Gasteiger partial charge is 0.127 e. The zero-order valence-electron chi connectivity index (χ0n) is 11.2. The lowest BCUT2D eigenvalue weighted by Gasteiger charge is -2.11. The van der Waals surface area contributed by atoms with Crippen molar-refractivity contribution in [1.29, 1.82) is 0 Å². The first-order valence-electron chi connectivity index (χ1n) is 6.20. The Morgan fingerprint density at radius 3 is 2.45 bits per heavy atom. The summed E-state index contributed by atoms with van der Waals surface area (Å²) in [5, 5.41) is 11.0. The summed E-state index contributed by atoms with van der Waals surface area (Å²) < 4.78 is 5.01. The summed E-state index contributed by atoms with van der Waals surface area (Å²) >= 11 is 1.74. The number of ether oxygens (including phenoxy) is 1. The summed E-state index contributed by atoms with van der Waals surface area (Å²) in [6.45, 7) is 0. The van der Waals surface area contributed by atoms with Gasteiger partial charge in [0.1, 0.15) is 5.75 Å². The summed E-state index contributed by atoms with van der Waals surface area (Å²) in [6.07, 6.45) is 0. The third-order valence-corrected chi connectivity index (χ3v) is 3.94. The van der Waals surface area contributed by atoms with Crippen LogP contribution < -0.4 is 9.84 Å². The van der Waals surface area contributed by atoms with E-state index in [1.54, 1.807) is 23.9 Å². The molecule has 2 rings (SSSR count). The van der Waals surface area contributed by atoms with E-state index < -0.39 is 5.97 Å². The molecule has 0 atom stereocenters. The number of carboxylic acid groups (broad SMARTS) is 1. The Balaban J connectivity index is 1.99. The van der Waals surface area contributed by atoms with Crippen LogP contribution in [0.2, 0.25) is 0 Å². The van der Waals surface area contributed by atoms with Gasteiger partial charge in [0.05, 0.1) is 13.1 Å². The second-order valence-corrected chi connectivity index (χ2v) is 5.29. The molecule has 0 heterocycles. The zero-order valence-corrected chi connectivity index (χ0v) is 12.0. The van der Waals surface area contributed by atoms with Crippen molar-refractivity contribution in [2.45, 2.75) is 11.5 Å². The third-order valence-electron chi connectivity index (χ3n) is 2.86. The van der Waals surface area contributed by atoms with Gasteiger partial charge < -0.3 is 14.6 Å². The highest BCUT2D eigenvalue weighted by molar-refractivity contribution is 7.97. The van der Waals surface area contributed by atoms with Gasteiger partial charge >= 0.3 is 0 Å². The fourth-order valence-electron chi connectivity index (χ4n) is 1.87. The first-order valence-corrected chi connectivity index (χ1v) is 7.36. The van der Waals surface area contributed by atoms with Crippen molar-refractivity contribution in [3.8, 4) is 5.75 Å². The maximum atomic E-state index is 11.0. The second-order valence-electron chi connectivity index (χ2n) is 4.30. The molecule has 0 radical (unpaired) electrons. The van der Waals surface area contributed by atoms with E-state index in [0.29, 0.717) is 5.75 Å². The van der Waals surface area contributed by atoms with E-state index in [1.807, 2.05) is 24.3 Å². The van der Waals surface area contributed by atoms with E-state index in [4.69, 9.17) is 4.74 Å². The lowest BCUT2D eigenvalue weighted by Crippen LogP contribution is -2.23. The van der Waals surface area contributed by atoms with Crippen LogP contribution in [0.15, 0.2) is 48.5 Å². The van der Waals surface area contributed by atoms with E-state index in [-0.39, 0.29) is 5.56 Å². The summed E-state index contributed by atoms with van der Waals surface area (Å²) in [7, 11) is 1.45. The number of rotatable bonds is 6. The molecule has 0 saturated carbocycles. The maximum Gasteiger partial charge on any atom is 0.127 e. The average molecular weight is 287 g/mol. The molecule has 2 aromatic carbocycles. The third kappa shape index (κ3) is 3.78. The minimum atomic E-state index is -1.21. The van der Waals surface area contributed by atoms with Gasteiger partial charge in [0.2, 0.25) is 0 Å². The lowest BCUT2D eigenvalue weighted by molar-refractivity contribution is -0.255. The van der Waals surface area contributed by atoms with Gasteiger partial charge in [-0.05, 0) is 23.3 Å². The van der Waals surface area contributed by atoms with Crippen LogP contribution in [-0.2, 0) is 11.5 Å². The van der Waals surface area contributed by atoms with Gasteiger partial charge in [0.25, 0.3) is 0 Å². The minimum Gasteiger partial charge on any atom is -0.545 e. The van der Waals surface area contributed by atoms with Gasteiger partial charge in [0, 0.05) is 17.1 Å². The predicted molar refractivity (Wildman–Crippen MR) is 78.8 cm³/mol. The number of methoxy groups -OCH3 is 1. The molecule has 0 unspecified atom stereocenters. The van der Waals surface area contributed by atoms with E-state index >= 15 is 0 Å². The van der Waals surface area contributed by atoms with Crippen LogP contribution in [0.25, 0.3) is 0 Å². The molecule has 0 aliphatic rings. The molecule has 0 aromatic heterocycles. The minimum absolute atomic E-state index is 0.102. The molecule has 104 valence electrons. The standard InChI is InChI=1S/C16H16O3S/c1-19-15-8-7-13(9-14(15)16(17)18)11-20-10-12-5-3-2-4-6-12/h2-9H,10-11H2,1H3,(H,17,18)/p-1. The van der Waals surface area contributed by atoms with Crippen molar-refractivity contribution in [2.75, 3.05) is 7.11 Å². The Morgan fingerprint density at radius 1 is 1.10 bits per heavy atom. The maximum absolute atomic E-state index is 11.0. The van der Waals surface area contributed by atoms with Gasteiger partial charge in [-0.15, -0.1) is 0 Å². The highest BCUT2D eigenvalue weighted by Gasteiger charge is 2.05. The Kier molecular flexibility index (Phi) is 5.07. The Labute approximate surface area is 122 Å². The molecule has 4 heteroatoms. The van der Waals surface area contributed by atoms with E-state index in [2.05, 4.69) is 12.1 Å². The Bertz CT molecular complexity index is 582. The molecular weight excluding hydrogens is 272 g/mol. The monoisotopic (exact) mass is 287 g/mol. The SMILES string of the molecule is COc1ccc(CSCc2ccccc2)cc1C(=O)[O-]. The first kappa shape index (κ1) is 14.5. The summed E-state index contributed by atoms with van der Waals surface area (Å²) in [5.41, 5.74) is 2.31. The fourth-order valence-corrected chi connectivity index (χ4v) is 2.81. The van der Waals surface area contributed by atoms with E-state index in [1.165, 1.54) is 12.7 Å². The molecule has 0 spiro atoms. The average Bonchev–Trinajstić information content (AvgIpc) is 2.48. The number of aromatic carboxylic acids is 1. The summed E-state index contributed by atoms with van der Waals surface area (Å²) in [6, 6.07) is 15.3. The number of carbonyl (C=O) groups is 1. The number of benzene rings is 2. The van der Waals surface area contributed by atoms with Crippen molar-refractivity contribution >= 4 is 17.7 Å². The number of thioether (sulfide) groups is 1. The van der Waals surface area contributed by atoms with Crippen molar-refractivity contribution in [3.05, 3.63) is 65.2 Å². The zero-order chi connectivity index (χ0) is 14.4.